The van der Waals surface area contributed by atoms with Gasteiger partial charge in [0.1, 0.15) is 10.8 Å². The normalized spacial score (nSPS) is 21.4. The van der Waals surface area contributed by atoms with E-state index in [1.807, 2.05) is 53.7 Å². The van der Waals surface area contributed by atoms with Gasteiger partial charge in [0, 0.05) is 42.8 Å². The van der Waals surface area contributed by atoms with Crippen molar-refractivity contribution in [2.45, 2.75) is 53.7 Å². The van der Waals surface area contributed by atoms with Gasteiger partial charge in [-0.1, -0.05) is 25.4 Å². The maximum absolute atomic E-state index is 14.0. The van der Waals surface area contributed by atoms with Crippen molar-refractivity contribution in [1.82, 2.24) is 24.7 Å². The number of piperazine rings is 1. The van der Waals surface area contributed by atoms with Gasteiger partial charge >= 0.3 is 6.09 Å². The van der Waals surface area contributed by atoms with Crippen molar-refractivity contribution in [1.29, 1.82) is 0 Å². The first-order chi connectivity index (χ1) is 20.2. The Labute approximate surface area is 259 Å². The molecule has 43 heavy (non-hydrogen) atoms. The number of aryl methyl sites for hydroxylation is 1. The lowest BCUT2D eigenvalue weighted by Gasteiger charge is -2.36. The number of amides is 4. The van der Waals surface area contributed by atoms with Crippen LogP contribution >= 0.6 is 22.9 Å². The molecule has 10 nitrogen and oxygen atoms in total. The number of pyridine rings is 2. The van der Waals surface area contributed by atoms with E-state index in [2.05, 4.69) is 9.97 Å². The van der Waals surface area contributed by atoms with Crippen molar-refractivity contribution in [2.24, 2.45) is 17.3 Å². The summed E-state index contributed by atoms with van der Waals surface area (Å²) >= 11 is 7.85. The van der Waals surface area contributed by atoms with Crippen LogP contribution in [0.3, 0.4) is 0 Å². The fraction of sp³-hybridized carbons (Fsp3) is 0.484. The summed E-state index contributed by atoms with van der Waals surface area (Å²) in [6.45, 7) is 12.8. The summed E-state index contributed by atoms with van der Waals surface area (Å²) in [6.07, 6.45) is 1.26. The Kier molecular flexibility index (Phi) is 7.04. The van der Waals surface area contributed by atoms with Crippen molar-refractivity contribution in [2.75, 3.05) is 26.2 Å². The van der Waals surface area contributed by atoms with Crippen molar-refractivity contribution >= 4 is 57.0 Å². The van der Waals surface area contributed by atoms with Crippen LogP contribution in [0.1, 0.15) is 55.4 Å². The lowest BCUT2D eigenvalue weighted by atomic mass is 10.0. The maximum Gasteiger partial charge on any atom is 0.410 e. The maximum atomic E-state index is 14.0. The van der Waals surface area contributed by atoms with E-state index in [9.17, 15) is 19.2 Å². The van der Waals surface area contributed by atoms with Gasteiger partial charge < -0.3 is 14.5 Å². The number of nitrogens with zero attached hydrogens (tertiary/aromatic N) is 5. The highest BCUT2D eigenvalue weighted by Crippen LogP contribution is 2.63. The second-order valence-corrected chi connectivity index (χ2v) is 14.6. The van der Waals surface area contributed by atoms with Crippen LogP contribution < -0.4 is 0 Å². The van der Waals surface area contributed by atoms with Crippen molar-refractivity contribution < 1.29 is 23.9 Å². The summed E-state index contributed by atoms with van der Waals surface area (Å²) in [5.41, 5.74) is 2.09. The molecule has 3 aromatic rings. The molecule has 12 heteroatoms. The predicted molar refractivity (Wildman–Crippen MR) is 163 cm³/mol. The van der Waals surface area contributed by atoms with Crippen molar-refractivity contribution in [3.8, 4) is 11.3 Å². The molecule has 2 saturated heterocycles. The Morgan fingerprint density at radius 2 is 1.70 bits per heavy atom. The zero-order valence-corrected chi connectivity index (χ0v) is 26.6. The summed E-state index contributed by atoms with van der Waals surface area (Å²) in [6, 6.07) is 5.36. The zero-order valence-electron chi connectivity index (χ0n) is 25.1. The van der Waals surface area contributed by atoms with Crippen LogP contribution in [0.15, 0.2) is 24.4 Å². The number of fused-ring (bicyclic) bond motifs is 2. The molecule has 0 N–H and O–H groups in total. The molecule has 6 rings (SSSR count). The predicted octanol–water partition coefficient (Wildman–Crippen LogP) is 5.15. The molecule has 0 radical (unpaired) electrons. The minimum atomic E-state index is -0.598. The van der Waals surface area contributed by atoms with Gasteiger partial charge in [0.25, 0.3) is 5.91 Å². The van der Waals surface area contributed by atoms with Crippen LogP contribution in [0.25, 0.3) is 21.5 Å². The molecule has 4 amide bonds. The lowest BCUT2D eigenvalue weighted by molar-refractivity contribution is -0.143. The first-order valence-corrected chi connectivity index (χ1v) is 15.5. The van der Waals surface area contributed by atoms with E-state index in [1.54, 1.807) is 22.1 Å². The average Bonchev–Trinajstić information content (AvgIpc) is 3.15. The summed E-state index contributed by atoms with van der Waals surface area (Å²) in [5, 5.41) is 0.260. The number of aromatic nitrogens is 2. The van der Waals surface area contributed by atoms with Gasteiger partial charge in [-0.25, -0.2) is 9.78 Å². The number of carbonyl (C=O) groups is 4. The van der Waals surface area contributed by atoms with E-state index in [4.69, 9.17) is 16.3 Å². The third-order valence-electron chi connectivity index (χ3n) is 8.54. The number of hydrogen-bond donors (Lipinski definition) is 0. The highest BCUT2D eigenvalue weighted by Gasteiger charge is 2.72. The Morgan fingerprint density at radius 1 is 1.07 bits per heavy atom. The molecule has 0 aromatic carbocycles. The van der Waals surface area contributed by atoms with E-state index >= 15 is 0 Å². The van der Waals surface area contributed by atoms with Gasteiger partial charge in [-0.15, -0.1) is 11.3 Å². The van der Waals surface area contributed by atoms with Gasteiger partial charge in [-0.3, -0.25) is 24.3 Å². The van der Waals surface area contributed by atoms with Gasteiger partial charge in [-0.05, 0) is 56.9 Å². The molecule has 2 aliphatic heterocycles. The third-order valence-corrected chi connectivity index (χ3v) is 9.88. The first-order valence-electron chi connectivity index (χ1n) is 14.3. The summed E-state index contributed by atoms with van der Waals surface area (Å²) in [4.78, 5) is 67.1. The van der Waals surface area contributed by atoms with Gasteiger partial charge in [-0.2, -0.15) is 0 Å². The average molecular weight is 624 g/mol. The van der Waals surface area contributed by atoms with Crippen LogP contribution in [0.2, 0.25) is 5.15 Å². The number of ether oxygens (including phenoxy) is 1. The highest BCUT2D eigenvalue weighted by molar-refractivity contribution is 7.19. The number of halogens is 1. The standard InChI is InChI=1S/C31H34ClN5O5S/c1-16-13-20(32)34-24(21(16)26(38)35-9-11-36(12-10-35)29(41)42-30(2,3)4)18-7-8-33-19-14-17(43-25(18)19)15-37-27(39)22-23(28(37)40)31(22,5)6/h7-8,13-14,22-23H,9-12,15H2,1-6H3. The van der Waals surface area contributed by atoms with Gasteiger partial charge in [0.2, 0.25) is 11.8 Å². The second kappa shape index (κ2) is 10.3. The highest BCUT2D eigenvalue weighted by atomic mass is 35.5. The van der Waals surface area contributed by atoms with Crippen LogP contribution in [0.5, 0.6) is 0 Å². The Hall–Kier alpha value is -3.57. The Balaban J connectivity index is 1.27. The monoisotopic (exact) mass is 623 g/mol. The molecular weight excluding hydrogens is 590 g/mol. The van der Waals surface area contributed by atoms with E-state index in [-0.39, 0.29) is 46.7 Å². The Morgan fingerprint density at radius 3 is 2.33 bits per heavy atom. The number of thiophene rings is 1. The largest absolute Gasteiger partial charge is 0.444 e. The minimum absolute atomic E-state index is 0.113. The summed E-state index contributed by atoms with van der Waals surface area (Å²) < 4.78 is 6.29. The molecular formula is C31H34ClN5O5S. The van der Waals surface area contributed by atoms with E-state index in [0.29, 0.717) is 54.1 Å². The van der Waals surface area contributed by atoms with Crippen molar-refractivity contribution in [3.63, 3.8) is 0 Å². The molecule has 5 heterocycles. The smallest absolute Gasteiger partial charge is 0.410 e. The third kappa shape index (κ3) is 5.16. The molecule has 3 fully saturated rings. The van der Waals surface area contributed by atoms with Crippen LogP contribution in [0.4, 0.5) is 4.79 Å². The molecule has 2 atom stereocenters. The number of carbonyl (C=O) groups excluding carboxylic acids is 4. The first kappa shape index (κ1) is 29.5. The number of hydrogen-bond acceptors (Lipinski definition) is 8. The molecule has 1 saturated carbocycles. The van der Waals surface area contributed by atoms with E-state index in [0.717, 1.165) is 9.58 Å². The molecule has 1 aliphatic carbocycles. The molecule has 0 spiro atoms. The van der Waals surface area contributed by atoms with Crippen LogP contribution in [0, 0.1) is 24.2 Å². The molecule has 3 aliphatic rings. The van der Waals surface area contributed by atoms with Gasteiger partial charge in [0.05, 0.1) is 39.9 Å². The summed E-state index contributed by atoms with van der Waals surface area (Å²) in [7, 11) is 0. The summed E-state index contributed by atoms with van der Waals surface area (Å²) in [5.74, 6) is -0.894. The quantitative estimate of drug-likeness (QED) is 0.292. The number of rotatable bonds is 4. The number of piperidine rings is 1. The SMILES string of the molecule is Cc1cc(Cl)nc(-c2ccnc3cc(CN4C(=O)C5C(C4=O)C5(C)C)sc23)c1C(=O)N1CCN(C(=O)OC(C)(C)C)CC1. The minimum Gasteiger partial charge on any atom is -0.444 e. The van der Waals surface area contributed by atoms with Crippen molar-refractivity contribution in [3.05, 3.63) is 45.6 Å². The van der Waals surface area contributed by atoms with Crippen LogP contribution in [-0.2, 0) is 20.9 Å². The van der Waals surface area contributed by atoms with Crippen LogP contribution in [-0.4, -0.2) is 80.3 Å². The fourth-order valence-electron chi connectivity index (χ4n) is 6.24. The molecule has 0 bridgehead atoms. The molecule has 3 aromatic heterocycles. The van der Waals surface area contributed by atoms with E-state index in [1.165, 1.54) is 16.2 Å². The fourth-order valence-corrected chi connectivity index (χ4v) is 7.61. The molecule has 226 valence electrons. The molecule has 2 unspecified atom stereocenters. The number of imide groups is 1. The second-order valence-electron chi connectivity index (χ2n) is 13.1. The number of likely N-dealkylation sites (tertiary alicyclic amines) is 1. The lowest BCUT2D eigenvalue weighted by Crippen LogP contribution is -2.51. The Bertz CT molecular complexity index is 1660. The zero-order chi connectivity index (χ0) is 31.0. The van der Waals surface area contributed by atoms with Gasteiger partial charge in [0.15, 0.2) is 0 Å². The van der Waals surface area contributed by atoms with E-state index < -0.39 is 11.7 Å². The topological polar surface area (TPSA) is 113 Å².